The molecule has 0 bridgehead atoms. The molecule has 2 heterocycles. The molecule has 6 nitrogen and oxygen atoms in total. The molecule has 18 heavy (non-hydrogen) atoms. The molecule has 2 aliphatic rings. The fraction of sp³-hybridized carbons (Fsp3) is 0.833. The summed E-state index contributed by atoms with van der Waals surface area (Å²) in [6.45, 7) is 3.72. The summed E-state index contributed by atoms with van der Waals surface area (Å²) in [7, 11) is 0. The first-order valence-corrected chi connectivity index (χ1v) is 6.54. The molecule has 2 unspecified atom stereocenters. The van der Waals surface area contributed by atoms with Crippen LogP contribution < -0.4 is 5.73 Å². The molecule has 0 radical (unpaired) electrons. The van der Waals surface area contributed by atoms with E-state index in [1.807, 2.05) is 6.92 Å². The molecule has 2 amide bonds. The molecule has 2 saturated heterocycles. The molecule has 2 aliphatic heterocycles. The lowest BCUT2D eigenvalue weighted by molar-refractivity contribution is -0.142. The number of hydrogen-bond acceptors (Lipinski definition) is 3. The Kier molecular flexibility index (Phi) is 3.75. The largest absolute Gasteiger partial charge is 0.481 e. The van der Waals surface area contributed by atoms with E-state index in [-0.39, 0.29) is 18.1 Å². The summed E-state index contributed by atoms with van der Waals surface area (Å²) >= 11 is 0. The van der Waals surface area contributed by atoms with E-state index in [2.05, 4.69) is 0 Å². The van der Waals surface area contributed by atoms with Crippen LogP contribution in [0.4, 0.5) is 4.79 Å². The van der Waals surface area contributed by atoms with Crippen LogP contribution in [0.5, 0.6) is 0 Å². The standard InChI is InChI=1S/C12H21N3O3/c1-8-10(11(16)17)4-7-15(8)12(18)14-5-2-9(13)3-6-14/h8-10H,2-7,13H2,1H3,(H,16,17). The molecular formula is C12H21N3O3. The predicted octanol–water partition coefficient (Wildman–Crippen LogP) is 0.325. The van der Waals surface area contributed by atoms with Crippen molar-refractivity contribution in [3.63, 3.8) is 0 Å². The number of urea groups is 1. The van der Waals surface area contributed by atoms with Gasteiger partial charge in [0.05, 0.1) is 5.92 Å². The maximum absolute atomic E-state index is 12.3. The number of carboxylic acids is 1. The Hall–Kier alpha value is -1.30. The van der Waals surface area contributed by atoms with Gasteiger partial charge in [-0.3, -0.25) is 4.79 Å². The second-order valence-electron chi connectivity index (χ2n) is 5.27. The van der Waals surface area contributed by atoms with Crippen LogP contribution >= 0.6 is 0 Å². The van der Waals surface area contributed by atoms with Crippen LogP contribution in [0, 0.1) is 5.92 Å². The Balaban J connectivity index is 1.96. The van der Waals surface area contributed by atoms with Gasteiger partial charge in [-0.25, -0.2) is 4.79 Å². The zero-order chi connectivity index (χ0) is 13.3. The number of hydrogen-bond donors (Lipinski definition) is 2. The average molecular weight is 255 g/mol. The van der Waals surface area contributed by atoms with Crippen molar-refractivity contribution >= 4 is 12.0 Å². The topological polar surface area (TPSA) is 86.9 Å². The molecule has 2 fully saturated rings. The van der Waals surface area contributed by atoms with E-state index in [0.29, 0.717) is 26.1 Å². The van der Waals surface area contributed by atoms with E-state index < -0.39 is 11.9 Å². The molecule has 0 spiro atoms. The predicted molar refractivity (Wildman–Crippen MR) is 66.1 cm³/mol. The van der Waals surface area contributed by atoms with Gasteiger partial charge in [0, 0.05) is 31.7 Å². The highest BCUT2D eigenvalue weighted by Crippen LogP contribution is 2.26. The molecule has 6 heteroatoms. The Bertz CT molecular complexity index is 339. The number of nitrogens with two attached hydrogens (primary N) is 1. The van der Waals surface area contributed by atoms with Crippen LogP contribution in [0.15, 0.2) is 0 Å². The number of nitrogens with zero attached hydrogens (tertiary/aromatic N) is 2. The monoisotopic (exact) mass is 255 g/mol. The second kappa shape index (κ2) is 5.14. The van der Waals surface area contributed by atoms with Gasteiger partial charge in [0.25, 0.3) is 0 Å². The molecule has 0 saturated carbocycles. The second-order valence-corrected chi connectivity index (χ2v) is 5.27. The molecule has 3 N–H and O–H groups in total. The minimum Gasteiger partial charge on any atom is -0.481 e. The van der Waals surface area contributed by atoms with E-state index in [4.69, 9.17) is 10.8 Å². The first-order valence-electron chi connectivity index (χ1n) is 6.54. The highest BCUT2D eigenvalue weighted by molar-refractivity contribution is 5.78. The van der Waals surface area contributed by atoms with Gasteiger partial charge in [-0.05, 0) is 26.2 Å². The SMILES string of the molecule is CC1C(C(=O)O)CCN1C(=O)N1CCC(N)CC1. The Morgan fingerprint density at radius 2 is 1.78 bits per heavy atom. The summed E-state index contributed by atoms with van der Waals surface area (Å²) in [6.07, 6.45) is 2.21. The van der Waals surface area contributed by atoms with Gasteiger partial charge in [-0.1, -0.05) is 0 Å². The summed E-state index contributed by atoms with van der Waals surface area (Å²) in [6, 6.07) is -0.0550. The van der Waals surface area contributed by atoms with Gasteiger partial charge in [0.2, 0.25) is 0 Å². The molecule has 102 valence electrons. The summed E-state index contributed by atoms with van der Waals surface area (Å²) in [5.74, 6) is -1.24. The van der Waals surface area contributed by atoms with Crippen LogP contribution in [0.2, 0.25) is 0 Å². The van der Waals surface area contributed by atoms with E-state index >= 15 is 0 Å². The highest BCUT2D eigenvalue weighted by Gasteiger charge is 2.39. The molecule has 2 atom stereocenters. The molecule has 0 aromatic carbocycles. The van der Waals surface area contributed by atoms with Gasteiger partial charge in [0.15, 0.2) is 0 Å². The minimum absolute atomic E-state index is 0.0295. The summed E-state index contributed by atoms with van der Waals surface area (Å²) in [5, 5.41) is 9.06. The number of amides is 2. The number of rotatable bonds is 1. The van der Waals surface area contributed by atoms with Crippen molar-refractivity contribution in [3.05, 3.63) is 0 Å². The zero-order valence-electron chi connectivity index (χ0n) is 10.7. The molecular weight excluding hydrogens is 234 g/mol. The van der Waals surface area contributed by atoms with Crippen LogP contribution in [-0.4, -0.2) is 58.6 Å². The van der Waals surface area contributed by atoms with Crippen LogP contribution in [0.25, 0.3) is 0 Å². The van der Waals surface area contributed by atoms with Gasteiger partial charge in [-0.2, -0.15) is 0 Å². The highest BCUT2D eigenvalue weighted by atomic mass is 16.4. The van der Waals surface area contributed by atoms with E-state index in [1.54, 1.807) is 9.80 Å². The zero-order valence-corrected chi connectivity index (χ0v) is 10.7. The lowest BCUT2D eigenvalue weighted by Crippen LogP contribution is -2.50. The van der Waals surface area contributed by atoms with Crippen molar-refractivity contribution in [1.29, 1.82) is 0 Å². The van der Waals surface area contributed by atoms with Gasteiger partial charge in [0.1, 0.15) is 0 Å². The smallest absolute Gasteiger partial charge is 0.320 e. The molecule has 2 rings (SSSR count). The summed E-state index contributed by atoms with van der Waals surface area (Å²) < 4.78 is 0. The Labute approximate surface area is 107 Å². The van der Waals surface area contributed by atoms with E-state index in [1.165, 1.54) is 0 Å². The lowest BCUT2D eigenvalue weighted by Gasteiger charge is -2.35. The van der Waals surface area contributed by atoms with Crippen molar-refractivity contribution in [3.8, 4) is 0 Å². The minimum atomic E-state index is -0.807. The van der Waals surface area contributed by atoms with Crippen LogP contribution in [0.3, 0.4) is 0 Å². The van der Waals surface area contributed by atoms with Crippen molar-refractivity contribution in [2.24, 2.45) is 11.7 Å². The molecule has 0 aromatic heterocycles. The first kappa shape index (κ1) is 13.1. The van der Waals surface area contributed by atoms with E-state index in [9.17, 15) is 9.59 Å². The number of carbonyl (C=O) groups excluding carboxylic acids is 1. The fourth-order valence-corrected chi connectivity index (χ4v) is 2.81. The summed E-state index contributed by atoms with van der Waals surface area (Å²) in [5.41, 5.74) is 5.81. The summed E-state index contributed by atoms with van der Waals surface area (Å²) in [4.78, 5) is 26.8. The lowest BCUT2D eigenvalue weighted by atomic mass is 10.0. The number of carbonyl (C=O) groups is 2. The Morgan fingerprint density at radius 3 is 2.28 bits per heavy atom. The third-order valence-electron chi connectivity index (χ3n) is 4.13. The maximum Gasteiger partial charge on any atom is 0.320 e. The molecule has 0 aromatic rings. The van der Waals surface area contributed by atoms with E-state index in [0.717, 1.165) is 12.8 Å². The van der Waals surface area contributed by atoms with Gasteiger partial charge >= 0.3 is 12.0 Å². The number of likely N-dealkylation sites (tertiary alicyclic amines) is 2. The van der Waals surface area contributed by atoms with Crippen molar-refractivity contribution in [2.45, 2.75) is 38.3 Å². The Morgan fingerprint density at radius 1 is 1.17 bits per heavy atom. The number of piperidine rings is 1. The third-order valence-corrected chi connectivity index (χ3v) is 4.13. The quantitative estimate of drug-likeness (QED) is 0.706. The van der Waals surface area contributed by atoms with Crippen molar-refractivity contribution in [2.75, 3.05) is 19.6 Å². The van der Waals surface area contributed by atoms with Gasteiger partial charge < -0.3 is 20.6 Å². The number of carboxylic acid groups (broad SMARTS) is 1. The third kappa shape index (κ3) is 2.43. The molecule has 0 aliphatic carbocycles. The maximum atomic E-state index is 12.3. The van der Waals surface area contributed by atoms with Crippen molar-refractivity contribution < 1.29 is 14.7 Å². The fourth-order valence-electron chi connectivity index (χ4n) is 2.81. The average Bonchev–Trinajstić information content (AvgIpc) is 2.71. The number of aliphatic carboxylic acids is 1. The first-order chi connectivity index (χ1) is 8.50. The van der Waals surface area contributed by atoms with Crippen LogP contribution in [0.1, 0.15) is 26.2 Å². The van der Waals surface area contributed by atoms with Crippen LogP contribution in [-0.2, 0) is 4.79 Å². The van der Waals surface area contributed by atoms with Crippen molar-refractivity contribution in [1.82, 2.24) is 9.80 Å². The normalized spacial score (nSPS) is 29.7. The van der Waals surface area contributed by atoms with Gasteiger partial charge in [-0.15, -0.1) is 0 Å².